The lowest BCUT2D eigenvalue weighted by atomic mass is 10.1. The minimum Gasteiger partial charge on any atom is -0.478 e. The first-order valence-electron chi connectivity index (χ1n) is 6.12. The van der Waals surface area contributed by atoms with Crippen LogP contribution in [0.3, 0.4) is 0 Å². The monoisotopic (exact) mass is 283 g/mol. The Morgan fingerprint density at radius 2 is 2.05 bits per heavy atom. The maximum absolute atomic E-state index is 12.4. The van der Waals surface area contributed by atoms with E-state index in [1.54, 1.807) is 14.0 Å². The molecule has 1 aliphatic carbocycles. The number of carbonyl (C=O) groups is 1. The van der Waals surface area contributed by atoms with Crippen LogP contribution in [0.15, 0.2) is 23.1 Å². The summed E-state index contributed by atoms with van der Waals surface area (Å²) in [6.07, 6.45) is 2.13. The van der Waals surface area contributed by atoms with Crippen molar-refractivity contribution in [3.8, 4) is 0 Å². The van der Waals surface area contributed by atoms with Gasteiger partial charge in [-0.15, -0.1) is 0 Å². The van der Waals surface area contributed by atoms with Gasteiger partial charge in [-0.05, 0) is 43.4 Å². The highest BCUT2D eigenvalue weighted by atomic mass is 32.2. The highest BCUT2D eigenvalue weighted by Crippen LogP contribution is 2.31. The zero-order chi connectivity index (χ0) is 14.2. The smallest absolute Gasteiger partial charge is 0.335 e. The number of sulfonamides is 1. The number of hydrogen-bond acceptors (Lipinski definition) is 3. The van der Waals surface area contributed by atoms with Crippen LogP contribution in [0.4, 0.5) is 0 Å². The summed E-state index contributed by atoms with van der Waals surface area (Å²) in [7, 11) is -2.07. The van der Waals surface area contributed by atoms with E-state index in [2.05, 4.69) is 0 Å². The van der Waals surface area contributed by atoms with Crippen LogP contribution in [-0.4, -0.2) is 37.4 Å². The Morgan fingerprint density at radius 1 is 1.42 bits per heavy atom. The van der Waals surface area contributed by atoms with E-state index in [4.69, 9.17) is 5.11 Å². The molecule has 0 bridgehead atoms. The summed E-state index contributed by atoms with van der Waals surface area (Å²) < 4.78 is 26.2. The van der Waals surface area contributed by atoms with Gasteiger partial charge in [0.2, 0.25) is 10.0 Å². The van der Waals surface area contributed by atoms with Crippen molar-refractivity contribution in [2.45, 2.75) is 24.7 Å². The van der Waals surface area contributed by atoms with Crippen LogP contribution in [0.5, 0.6) is 0 Å². The molecule has 0 radical (unpaired) electrons. The summed E-state index contributed by atoms with van der Waals surface area (Å²) in [4.78, 5) is 11.0. The highest BCUT2D eigenvalue weighted by Gasteiger charge is 2.30. The van der Waals surface area contributed by atoms with Gasteiger partial charge in [0.15, 0.2) is 0 Å². The van der Waals surface area contributed by atoms with Crippen molar-refractivity contribution >= 4 is 16.0 Å². The van der Waals surface area contributed by atoms with Crippen LogP contribution < -0.4 is 0 Å². The van der Waals surface area contributed by atoms with E-state index in [-0.39, 0.29) is 10.5 Å². The molecule has 0 unspecified atom stereocenters. The number of aryl methyl sites for hydroxylation is 1. The molecule has 1 N–H and O–H groups in total. The second kappa shape index (κ2) is 4.94. The fourth-order valence-corrected chi connectivity index (χ4v) is 3.43. The molecule has 19 heavy (non-hydrogen) atoms. The van der Waals surface area contributed by atoms with Crippen molar-refractivity contribution in [2.75, 3.05) is 13.6 Å². The maximum atomic E-state index is 12.4. The third-order valence-corrected chi connectivity index (χ3v) is 5.30. The normalized spacial score (nSPS) is 15.7. The lowest BCUT2D eigenvalue weighted by molar-refractivity contribution is 0.0696. The molecule has 0 atom stereocenters. The zero-order valence-corrected chi connectivity index (χ0v) is 11.8. The molecule has 5 nitrogen and oxygen atoms in total. The van der Waals surface area contributed by atoms with Gasteiger partial charge in [0, 0.05) is 13.6 Å². The standard InChI is InChI=1S/C13H17NO4S/c1-9-3-6-11(13(15)16)7-12(9)19(17,18)14(2)8-10-4-5-10/h3,6-7,10H,4-5,8H2,1-2H3,(H,15,16). The molecule has 1 aromatic rings. The van der Waals surface area contributed by atoms with E-state index < -0.39 is 16.0 Å². The van der Waals surface area contributed by atoms with E-state index in [9.17, 15) is 13.2 Å². The molecule has 2 rings (SSSR count). The number of nitrogens with zero attached hydrogens (tertiary/aromatic N) is 1. The van der Waals surface area contributed by atoms with Crippen molar-refractivity contribution in [1.29, 1.82) is 0 Å². The maximum Gasteiger partial charge on any atom is 0.335 e. The molecule has 6 heteroatoms. The summed E-state index contributed by atoms with van der Waals surface area (Å²) >= 11 is 0. The highest BCUT2D eigenvalue weighted by molar-refractivity contribution is 7.89. The predicted molar refractivity (Wildman–Crippen MR) is 70.7 cm³/mol. The summed E-state index contributed by atoms with van der Waals surface area (Å²) in [5.41, 5.74) is 0.552. The Bertz CT molecular complexity index is 605. The lowest BCUT2D eigenvalue weighted by Crippen LogP contribution is -2.29. The van der Waals surface area contributed by atoms with Crippen molar-refractivity contribution in [2.24, 2.45) is 5.92 Å². The number of aromatic carboxylic acids is 1. The van der Waals surface area contributed by atoms with Gasteiger partial charge >= 0.3 is 5.97 Å². The van der Waals surface area contributed by atoms with Gasteiger partial charge in [0.1, 0.15) is 0 Å². The summed E-state index contributed by atoms with van der Waals surface area (Å²) in [5.74, 6) is -0.677. The SMILES string of the molecule is Cc1ccc(C(=O)O)cc1S(=O)(=O)N(C)CC1CC1. The summed E-state index contributed by atoms with van der Waals surface area (Å²) in [5, 5.41) is 8.95. The average molecular weight is 283 g/mol. The Kier molecular flexibility index (Phi) is 3.64. The van der Waals surface area contributed by atoms with Gasteiger partial charge in [-0.25, -0.2) is 17.5 Å². The first kappa shape index (κ1) is 14.0. The Labute approximate surface area is 112 Å². The lowest BCUT2D eigenvalue weighted by Gasteiger charge is -2.18. The van der Waals surface area contributed by atoms with Gasteiger partial charge in [-0.1, -0.05) is 6.07 Å². The topological polar surface area (TPSA) is 74.7 Å². The quantitative estimate of drug-likeness (QED) is 0.893. The van der Waals surface area contributed by atoms with E-state index in [0.717, 1.165) is 12.8 Å². The van der Waals surface area contributed by atoms with E-state index >= 15 is 0 Å². The van der Waals surface area contributed by atoms with Crippen molar-refractivity contribution in [1.82, 2.24) is 4.31 Å². The molecule has 104 valence electrons. The number of hydrogen-bond donors (Lipinski definition) is 1. The number of carboxylic acids is 1. The number of rotatable bonds is 5. The van der Waals surface area contributed by atoms with E-state index in [1.165, 1.54) is 22.5 Å². The van der Waals surface area contributed by atoms with Crippen molar-refractivity contribution < 1.29 is 18.3 Å². The second-order valence-electron chi connectivity index (χ2n) is 5.01. The van der Waals surface area contributed by atoms with Gasteiger partial charge in [0.25, 0.3) is 0 Å². The van der Waals surface area contributed by atoms with Crippen LogP contribution in [0, 0.1) is 12.8 Å². The fraction of sp³-hybridized carbons (Fsp3) is 0.462. The minimum absolute atomic E-state index is 0.0102. The molecule has 1 aromatic carbocycles. The Morgan fingerprint density at radius 3 is 2.58 bits per heavy atom. The Hall–Kier alpha value is -1.40. The predicted octanol–water partition coefficient (Wildman–Crippen LogP) is 1.72. The third-order valence-electron chi connectivity index (χ3n) is 3.34. The van der Waals surface area contributed by atoms with Crippen molar-refractivity contribution in [3.05, 3.63) is 29.3 Å². The first-order valence-corrected chi connectivity index (χ1v) is 7.56. The Balaban J connectivity index is 2.37. The molecule has 0 saturated heterocycles. The molecule has 0 aromatic heterocycles. The van der Waals surface area contributed by atoms with Crippen LogP contribution in [0.2, 0.25) is 0 Å². The van der Waals surface area contributed by atoms with Gasteiger partial charge < -0.3 is 5.11 Å². The van der Waals surface area contributed by atoms with Crippen LogP contribution in [-0.2, 0) is 10.0 Å². The third kappa shape index (κ3) is 2.96. The summed E-state index contributed by atoms with van der Waals surface area (Å²) in [6.45, 7) is 2.17. The molecular formula is C13H17NO4S. The van der Waals surface area contributed by atoms with E-state index in [1.807, 2.05) is 0 Å². The molecule has 1 aliphatic rings. The largest absolute Gasteiger partial charge is 0.478 e. The molecule has 0 aliphatic heterocycles. The second-order valence-corrected chi connectivity index (χ2v) is 7.03. The van der Waals surface area contributed by atoms with Gasteiger partial charge in [-0.3, -0.25) is 0 Å². The van der Waals surface area contributed by atoms with E-state index in [0.29, 0.717) is 18.0 Å². The molecular weight excluding hydrogens is 266 g/mol. The number of carboxylic acid groups (broad SMARTS) is 1. The minimum atomic E-state index is -3.61. The molecule has 1 fully saturated rings. The first-order chi connectivity index (χ1) is 8.82. The molecule has 0 heterocycles. The van der Waals surface area contributed by atoms with Crippen molar-refractivity contribution in [3.63, 3.8) is 0 Å². The van der Waals surface area contributed by atoms with Crippen LogP contribution >= 0.6 is 0 Å². The van der Waals surface area contributed by atoms with Crippen LogP contribution in [0.1, 0.15) is 28.8 Å². The summed E-state index contributed by atoms with van der Waals surface area (Å²) in [6, 6.07) is 4.18. The molecule has 0 spiro atoms. The van der Waals surface area contributed by atoms with Gasteiger partial charge in [-0.2, -0.15) is 0 Å². The average Bonchev–Trinajstić information content (AvgIpc) is 3.12. The molecule has 0 amide bonds. The fourth-order valence-electron chi connectivity index (χ4n) is 1.94. The van der Waals surface area contributed by atoms with Gasteiger partial charge in [0.05, 0.1) is 10.5 Å². The van der Waals surface area contributed by atoms with Crippen LogP contribution in [0.25, 0.3) is 0 Å². The molecule has 1 saturated carbocycles. The number of benzene rings is 1. The zero-order valence-electron chi connectivity index (χ0n) is 11.0.